The Bertz CT molecular complexity index is 3770. The maximum atomic E-state index is 12.3. The van der Waals surface area contributed by atoms with Crippen LogP contribution in [0.5, 0.6) is 0 Å². The lowest BCUT2D eigenvalue weighted by atomic mass is 9.90. The number of nitrogens with one attached hydrogen (secondary N) is 1. The van der Waals surface area contributed by atoms with Crippen LogP contribution in [0.4, 0.5) is 0 Å². The highest BCUT2D eigenvalue weighted by Gasteiger charge is 2.43. The Morgan fingerprint density at radius 1 is 0.331 bits per heavy atom. The van der Waals surface area contributed by atoms with Crippen LogP contribution in [0.2, 0.25) is 0 Å². The Kier molecular flexibility index (Phi) is 45.1. The zero-order chi connectivity index (χ0) is 100. The molecule has 0 aliphatic carbocycles. The number of hydrogen-bond acceptors (Lipinski definition) is 21. The zero-order valence-electron chi connectivity index (χ0n) is 90.2. The first-order valence-electron chi connectivity index (χ1n) is 53.4. The molecule has 136 heavy (non-hydrogen) atoms. The average Bonchev–Trinajstić information content (AvgIpc) is 1.76. The second kappa shape index (κ2) is 52.9. The van der Waals surface area contributed by atoms with Crippen molar-refractivity contribution >= 4 is 51.2 Å². The van der Waals surface area contributed by atoms with E-state index in [4.69, 9.17) is 24.7 Å². The van der Waals surface area contributed by atoms with Crippen LogP contribution in [0.15, 0.2) is 0 Å². The lowest BCUT2D eigenvalue weighted by Gasteiger charge is -2.45. The van der Waals surface area contributed by atoms with E-state index in [-0.39, 0.29) is 67.2 Å². The number of carbonyl (C=O) groups is 7. The van der Waals surface area contributed by atoms with Crippen LogP contribution in [0.1, 0.15) is 307 Å². The Labute approximate surface area is 826 Å². The van der Waals surface area contributed by atoms with E-state index >= 15 is 0 Å². The number of rotatable bonds is 14. The highest BCUT2D eigenvalue weighted by Crippen LogP contribution is 2.35. The molecule has 28 nitrogen and oxygen atoms in total. The summed E-state index contributed by atoms with van der Waals surface area (Å²) < 4.78 is 39.4. The van der Waals surface area contributed by atoms with E-state index in [1.165, 1.54) is 6.42 Å². The summed E-state index contributed by atoms with van der Waals surface area (Å²) in [6, 6.07) is 10.4. The van der Waals surface area contributed by atoms with Crippen LogP contribution in [0.25, 0.3) is 0 Å². The van der Waals surface area contributed by atoms with Gasteiger partial charge in [0.05, 0.1) is 68.5 Å². The molecular formula is C107H194N16O12S. The molecule has 7 amide bonds. The maximum Gasteiger partial charge on any atom is 0.223 e. The van der Waals surface area contributed by atoms with Gasteiger partial charge in [0.1, 0.15) is 0 Å². The third-order valence-electron chi connectivity index (χ3n) is 29.9. The van der Waals surface area contributed by atoms with Crippen molar-refractivity contribution in [2.45, 2.75) is 367 Å². The molecule has 0 radical (unpaired) electrons. The van der Waals surface area contributed by atoms with Gasteiger partial charge in [0.15, 0.2) is 9.84 Å². The summed E-state index contributed by atoms with van der Waals surface area (Å²) in [5, 5.41) is 21.4. The number of fused-ring (bicyclic) bond motifs is 1. The first-order chi connectivity index (χ1) is 63.5. The summed E-state index contributed by atoms with van der Waals surface area (Å²) in [5.41, 5.74) is 0.564. The molecule has 1 N–H and O–H groups in total. The highest BCUT2D eigenvalue weighted by atomic mass is 32.2. The molecular weight excluding hydrogens is 1730 g/mol. The van der Waals surface area contributed by atoms with Gasteiger partial charge < -0.3 is 53.8 Å². The Morgan fingerprint density at radius 2 is 0.640 bits per heavy atom. The van der Waals surface area contributed by atoms with Gasteiger partial charge in [0.25, 0.3) is 0 Å². The molecule has 0 spiro atoms. The average molecular weight is 1930 g/mol. The number of piperidine rings is 7. The largest absolute Gasteiger partial charge is 0.380 e. The second-order valence-corrected chi connectivity index (χ2v) is 53.5. The number of sulfone groups is 1. The summed E-state index contributed by atoms with van der Waals surface area (Å²) in [7, 11) is -0.586. The minimum atomic E-state index is -2.81. The van der Waals surface area contributed by atoms with Crippen LogP contribution in [0.3, 0.4) is 0 Å². The minimum Gasteiger partial charge on any atom is -0.380 e. The van der Waals surface area contributed by atoms with E-state index in [1.54, 1.807) is 0 Å². The molecule has 14 aliphatic rings. The first-order valence-corrected chi connectivity index (χ1v) is 55.2. The van der Waals surface area contributed by atoms with Crippen LogP contribution in [-0.4, -0.2) is 383 Å². The molecule has 14 heterocycles. The topological polar surface area (TPSA) is 283 Å². The number of likely N-dealkylation sites (tertiary alicyclic amines) is 9. The van der Waals surface area contributed by atoms with Gasteiger partial charge in [-0.15, -0.1) is 0 Å². The number of hydrogen-bond donors (Lipinski definition) is 1. The minimum absolute atomic E-state index is 0.0369. The van der Waals surface area contributed by atoms with Gasteiger partial charge >= 0.3 is 0 Å². The third kappa shape index (κ3) is 40.9. The van der Waals surface area contributed by atoms with Gasteiger partial charge in [0, 0.05) is 249 Å². The molecule has 14 aliphatic heterocycles. The van der Waals surface area contributed by atoms with E-state index in [2.05, 4.69) is 228 Å². The summed E-state index contributed by atoms with van der Waals surface area (Å²) in [4.78, 5) is 114. The number of carbonyl (C=O) groups excluding carboxylic acids is 7. The normalized spacial score (nSPS) is 26.0. The molecule has 29 heteroatoms. The molecule has 6 atom stereocenters. The second-order valence-electron chi connectivity index (χ2n) is 51.2. The van der Waals surface area contributed by atoms with Crippen LogP contribution in [0, 0.1) is 78.3 Å². The molecule has 14 saturated heterocycles. The van der Waals surface area contributed by atoms with E-state index < -0.39 is 9.84 Å². The lowest BCUT2D eigenvalue weighted by Crippen LogP contribution is -2.55. The van der Waals surface area contributed by atoms with Crippen molar-refractivity contribution in [1.82, 2.24) is 69.0 Å². The molecule has 0 bridgehead atoms. The van der Waals surface area contributed by atoms with Crippen LogP contribution < -0.4 is 5.32 Å². The fourth-order valence-electron chi connectivity index (χ4n) is 22.0. The van der Waals surface area contributed by atoms with Crippen molar-refractivity contribution in [3.8, 4) is 12.1 Å². The molecule has 0 aromatic heterocycles. The van der Waals surface area contributed by atoms with Gasteiger partial charge in [-0.2, -0.15) is 10.5 Å². The van der Waals surface area contributed by atoms with Gasteiger partial charge in [-0.25, -0.2) is 8.42 Å². The van der Waals surface area contributed by atoms with Crippen molar-refractivity contribution in [3.05, 3.63) is 0 Å². The Balaban J connectivity index is 0.000000195. The molecule has 0 saturated carbocycles. The summed E-state index contributed by atoms with van der Waals surface area (Å²) >= 11 is 0. The highest BCUT2D eigenvalue weighted by molar-refractivity contribution is 7.91. The van der Waals surface area contributed by atoms with Crippen molar-refractivity contribution in [2.75, 3.05) is 209 Å². The predicted molar refractivity (Wildman–Crippen MR) is 544 cm³/mol. The Morgan fingerprint density at radius 3 is 0.956 bits per heavy atom. The molecule has 0 aromatic rings. The van der Waals surface area contributed by atoms with Gasteiger partial charge in [-0.3, -0.25) is 63.0 Å². The van der Waals surface area contributed by atoms with Crippen LogP contribution in [-0.2, 0) is 57.6 Å². The van der Waals surface area contributed by atoms with E-state index in [1.807, 2.05) is 19.6 Å². The number of amides is 7. The van der Waals surface area contributed by atoms with Gasteiger partial charge in [-0.05, 0) is 181 Å². The van der Waals surface area contributed by atoms with Gasteiger partial charge in [0.2, 0.25) is 41.4 Å². The fourth-order valence-corrected chi connectivity index (χ4v) is 23.2. The van der Waals surface area contributed by atoms with Crippen molar-refractivity contribution in [2.24, 2.45) is 55.7 Å². The van der Waals surface area contributed by atoms with Gasteiger partial charge in [-0.1, -0.05) is 145 Å². The monoisotopic (exact) mass is 1930 g/mol. The third-order valence-corrected chi connectivity index (χ3v) is 31.5. The number of likely N-dealkylation sites (N-methyl/N-ethyl adjacent to an activating group) is 1. The molecule has 14 rings (SSSR count). The Hall–Kier alpha value is -5.18. The zero-order valence-corrected chi connectivity index (χ0v) is 91.0. The summed E-state index contributed by atoms with van der Waals surface area (Å²) in [6.07, 6.45) is 21.9. The van der Waals surface area contributed by atoms with E-state index in [9.17, 15) is 42.0 Å². The number of morpholine rings is 2. The first kappa shape index (κ1) is 116. The maximum absolute atomic E-state index is 12.3. The molecule has 14 fully saturated rings. The summed E-state index contributed by atoms with van der Waals surface area (Å²) in [5.74, 6) is 3.89. The van der Waals surface area contributed by atoms with Crippen molar-refractivity contribution in [3.63, 3.8) is 0 Å². The van der Waals surface area contributed by atoms with Crippen LogP contribution >= 0.6 is 0 Å². The number of ether oxygens (including phenoxy) is 3. The molecule has 780 valence electrons. The number of nitrogens with zero attached hydrogens (tertiary/aromatic N) is 15. The van der Waals surface area contributed by atoms with Crippen molar-refractivity contribution in [1.29, 1.82) is 10.5 Å². The standard InChI is InChI=1S/C17H29N3O.3C16H30N2O2.C15H25N3O.C15H28N2O3S.C12H22N2O/c1-17(2,3)11-16(21)19-9-6-15(7-10-19)20-8-4-5-14(12-18)13-20;1-16(2,3)11-15(19)18-8-5-13(6-9-18)17(4)14-7-10-20-12-14;2*1-13-12-20-10-9-18(13)14-5-7-17(8-6-14)15(19)11-16(2,3)4;1-15(2,3)8-14(19)17-6-4-13(5-7-17)18-10-12(9-16)11-18;1-15(2,3)12-14(18)17-6-4-13(5-7-17)16-8-10-21(19,20)11-9-16;1-12(2,3)6-11(15)14-7-9-4-5-13-10(9)8-14/h14-15H,4-11,13H2,1-3H3;3*13-14H,5-12H2,1-4H3;12-13H,4-8,10-11H2,1-3H3;13H,4-12H2,1-3H3;9-10,13H,4-8H2,1-3H3/t2*14-;2*13-;;;9-,10+/m0110..0/s1. The van der Waals surface area contributed by atoms with E-state index in [0.717, 1.165) is 273 Å². The van der Waals surface area contributed by atoms with E-state index in [0.29, 0.717) is 160 Å². The fraction of sp³-hybridized carbons (Fsp3) is 0.916. The quantitative estimate of drug-likeness (QED) is 0.169. The molecule has 0 unspecified atom stereocenters. The summed E-state index contributed by atoms with van der Waals surface area (Å²) in [6.45, 7) is 75.2. The number of nitriles is 2. The molecule has 0 aromatic carbocycles. The van der Waals surface area contributed by atoms with Crippen molar-refractivity contribution < 1.29 is 56.2 Å². The smallest absolute Gasteiger partial charge is 0.223 e. The predicted octanol–water partition coefficient (Wildman–Crippen LogP) is 13.3. The SMILES string of the molecule is CC(C)(C)CC(=O)N1CCC(N2CC(C#N)C2)CC1.CC(C)(C)CC(=O)N1CCC(N2CCC[C@@H](C#N)C2)CC1.CC(C)(C)CC(=O)N1CCC(N2CCS(=O)(=O)CC2)CC1.CC(C)(C)CC(=O)N1C[C@@H]2CCN[C@@H]2C1.CN(C1CCN(C(=O)CC(C)(C)C)CC1)[C@@H]1CCOC1.C[C@@H]1COCCN1C1CCN(C(=O)CC(C)(C)C)CC1.C[C@H]1COCCN1C1CCN(C(=O)CC(C)(C)C)CC1. The lowest BCUT2D eigenvalue weighted by molar-refractivity contribution is -0.136.